The number of carbonyl (C=O) groups is 1. The molecule has 1 atom stereocenters. The molecule has 6 nitrogen and oxygen atoms in total. The third-order valence-electron chi connectivity index (χ3n) is 3.84. The van der Waals surface area contributed by atoms with Gasteiger partial charge in [-0.1, -0.05) is 18.2 Å². The number of likely N-dealkylation sites (tertiary alicyclic amines) is 1. The summed E-state index contributed by atoms with van der Waals surface area (Å²) in [6, 6.07) is 11.5. The monoisotopic (exact) mass is 345 g/mol. The Labute approximate surface area is 145 Å². The molecular weight excluding hydrogens is 325 g/mol. The van der Waals surface area contributed by atoms with Crippen LogP contribution in [0.1, 0.15) is 13.3 Å². The molecule has 1 aromatic carbocycles. The summed E-state index contributed by atoms with van der Waals surface area (Å²) in [7, 11) is 0. The molecule has 25 heavy (non-hydrogen) atoms. The zero-order valence-corrected chi connectivity index (χ0v) is 13.9. The quantitative estimate of drug-likeness (QED) is 0.845. The number of urea groups is 1. The fraction of sp³-hybridized carbons (Fsp3) is 0.333. The lowest BCUT2D eigenvalue weighted by atomic mass is 10.3. The number of nitrogens with one attached hydrogen (secondary N) is 1. The number of hydrogen-bond donors (Lipinski definition) is 1. The molecule has 132 valence electrons. The van der Waals surface area contributed by atoms with Crippen LogP contribution in [-0.2, 0) is 0 Å². The number of halogens is 1. The molecule has 1 fully saturated rings. The number of pyridine rings is 1. The largest absolute Gasteiger partial charge is 0.492 e. The van der Waals surface area contributed by atoms with Crippen molar-refractivity contribution in [1.82, 2.24) is 9.88 Å². The fourth-order valence-electron chi connectivity index (χ4n) is 2.68. The number of anilines is 1. The molecule has 3 rings (SSSR count). The molecule has 1 aliphatic heterocycles. The third-order valence-corrected chi connectivity index (χ3v) is 3.84. The Bertz CT molecular complexity index is 741. The first-order valence-electron chi connectivity index (χ1n) is 8.22. The molecule has 1 aromatic heterocycles. The number of aromatic nitrogens is 1. The number of rotatable bonds is 5. The Kier molecular flexibility index (Phi) is 5.33. The lowest BCUT2D eigenvalue weighted by Gasteiger charge is -2.19. The van der Waals surface area contributed by atoms with Gasteiger partial charge < -0.3 is 19.7 Å². The predicted octanol–water partition coefficient (Wildman–Crippen LogP) is 3.30. The SMILES string of the molecule is CCOc1ccccc1NC(=O)N1CCC(Oc2cccc(F)n2)C1. The molecule has 0 bridgehead atoms. The topological polar surface area (TPSA) is 63.7 Å². The van der Waals surface area contributed by atoms with Gasteiger partial charge in [-0.3, -0.25) is 0 Å². The summed E-state index contributed by atoms with van der Waals surface area (Å²) in [4.78, 5) is 17.8. The van der Waals surface area contributed by atoms with Crippen LogP contribution >= 0.6 is 0 Å². The zero-order valence-electron chi connectivity index (χ0n) is 13.9. The van der Waals surface area contributed by atoms with Crippen LogP contribution in [0.4, 0.5) is 14.9 Å². The van der Waals surface area contributed by atoms with Crippen LogP contribution in [0.2, 0.25) is 0 Å². The highest BCUT2D eigenvalue weighted by Crippen LogP contribution is 2.25. The lowest BCUT2D eigenvalue weighted by molar-refractivity contribution is 0.188. The van der Waals surface area contributed by atoms with Gasteiger partial charge in [0.15, 0.2) is 0 Å². The fourth-order valence-corrected chi connectivity index (χ4v) is 2.68. The van der Waals surface area contributed by atoms with Gasteiger partial charge in [-0.2, -0.15) is 9.37 Å². The Morgan fingerprint density at radius 3 is 2.96 bits per heavy atom. The van der Waals surface area contributed by atoms with Gasteiger partial charge in [0.05, 0.1) is 18.8 Å². The molecule has 0 aliphatic carbocycles. The van der Waals surface area contributed by atoms with E-state index in [0.29, 0.717) is 37.6 Å². The second kappa shape index (κ2) is 7.83. The van der Waals surface area contributed by atoms with Crippen molar-refractivity contribution in [2.75, 3.05) is 25.0 Å². The van der Waals surface area contributed by atoms with E-state index in [2.05, 4.69) is 10.3 Å². The molecular formula is C18H20FN3O3. The minimum atomic E-state index is -0.586. The van der Waals surface area contributed by atoms with Crippen molar-refractivity contribution in [1.29, 1.82) is 0 Å². The van der Waals surface area contributed by atoms with Gasteiger partial charge >= 0.3 is 6.03 Å². The zero-order chi connectivity index (χ0) is 17.6. The molecule has 7 heteroatoms. The van der Waals surface area contributed by atoms with Crippen molar-refractivity contribution in [3.8, 4) is 11.6 Å². The van der Waals surface area contributed by atoms with E-state index in [4.69, 9.17) is 9.47 Å². The average Bonchev–Trinajstić information content (AvgIpc) is 3.05. The van der Waals surface area contributed by atoms with E-state index < -0.39 is 5.95 Å². The van der Waals surface area contributed by atoms with Crippen LogP contribution in [0.3, 0.4) is 0 Å². The van der Waals surface area contributed by atoms with Gasteiger partial charge in [-0.15, -0.1) is 0 Å². The maximum absolute atomic E-state index is 13.1. The number of para-hydroxylation sites is 2. The van der Waals surface area contributed by atoms with E-state index >= 15 is 0 Å². The molecule has 0 radical (unpaired) electrons. The van der Waals surface area contributed by atoms with Crippen LogP contribution in [0, 0.1) is 5.95 Å². The Morgan fingerprint density at radius 2 is 2.16 bits per heavy atom. The number of carbonyl (C=O) groups excluding carboxylic acids is 1. The maximum atomic E-state index is 13.1. The van der Waals surface area contributed by atoms with Crippen molar-refractivity contribution in [3.63, 3.8) is 0 Å². The maximum Gasteiger partial charge on any atom is 0.322 e. The summed E-state index contributed by atoms with van der Waals surface area (Å²) in [5.74, 6) is 0.279. The van der Waals surface area contributed by atoms with Crippen LogP contribution in [0.25, 0.3) is 0 Å². The first kappa shape index (κ1) is 17.0. The molecule has 1 saturated heterocycles. The minimum absolute atomic E-state index is 0.206. The summed E-state index contributed by atoms with van der Waals surface area (Å²) in [5.41, 5.74) is 0.630. The molecule has 0 saturated carbocycles. The van der Waals surface area contributed by atoms with E-state index in [-0.39, 0.29) is 18.0 Å². The van der Waals surface area contributed by atoms with E-state index in [0.717, 1.165) is 0 Å². The average molecular weight is 345 g/mol. The van der Waals surface area contributed by atoms with Crippen LogP contribution in [0.15, 0.2) is 42.5 Å². The standard InChI is InChI=1S/C18H20FN3O3/c1-2-24-15-7-4-3-6-14(15)20-18(23)22-11-10-13(12-22)25-17-9-5-8-16(19)21-17/h3-9,13H,2,10-12H2,1H3,(H,20,23). The minimum Gasteiger partial charge on any atom is -0.492 e. The van der Waals surface area contributed by atoms with Crippen LogP contribution in [0.5, 0.6) is 11.6 Å². The normalized spacial score (nSPS) is 16.6. The molecule has 2 heterocycles. The van der Waals surface area contributed by atoms with Crippen LogP contribution in [-0.4, -0.2) is 41.7 Å². The molecule has 1 unspecified atom stereocenters. The van der Waals surface area contributed by atoms with Crippen molar-refractivity contribution < 1.29 is 18.7 Å². The molecule has 0 spiro atoms. The Hall–Kier alpha value is -2.83. The number of nitrogens with zero attached hydrogens (tertiary/aromatic N) is 2. The highest BCUT2D eigenvalue weighted by Gasteiger charge is 2.28. The van der Waals surface area contributed by atoms with Gasteiger partial charge in [-0.05, 0) is 25.1 Å². The van der Waals surface area contributed by atoms with Gasteiger partial charge in [0.2, 0.25) is 11.8 Å². The first-order valence-corrected chi connectivity index (χ1v) is 8.22. The van der Waals surface area contributed by atoms with E-state index in [9.17, 15) is 9.18 Å². The number of benzene rings is 1. The predicted molar refractivity (Wildman–Crippen MR) is 91.4 cm³/mol. The number of ether oxygens (including phenoxy) is 2. The van der Waals surface area contributed by atoms with Gasteiger partial charge in [0, 0.05) is 19.0 Å². The molecule has 2 aromatic rings. The summed E-state index contributed by atoms with van der Waals surface area (Å²) in [5, 5.41) is 2.86. The molecule has 2 amide bonds. The summed E-state index contributed by atoms with van der Waals surface area (Å²) in [6.07, 6.45) is 0.459. The first-order chi connectivity index (χ1) is 12.2. The number of amides is 2. The molecule has 1 aliphatic rings. The van der Waals surface area contributed by atoms with E-state index in [1.165, 1.54) is 6.07 Å². The Morgan fingerprint density at radius 1 is 1.32 bits per heavy atom. The van der Waals surface area contributed by atoms with Gasteiger partial charge in [-0.25, -0.2) is 4.79 Å². The van der Waals surface area contributed by atoms with Crippen molar-refractivity contribution in [2.24, 2.45) is 0 Å². The lowest BCUT2D eigenvalue weighted by Crippen LogP contribution is -2.34. The van der Waals surface area contributed by atoms with Crippen molar-refractivity contribution in [2.45, 2.75) is 19.4 Å². The highest BCUT2D eigenvalue weighted by molar-refractivity contribution is 5.91. The Balaban J connectivity index is 1.57. The summed E-state index contributed by atoms with van der Waals surface area (Å²) >= 11 is 0. The third kappa shape index (κ3) is 4.37. The highest BCUT2D eigenvalue weighted by atomic mass is 19.1. The second-order valence-corrected chi connectivity index (χ2v) is 5.63. The molecule has 1 N–H and O–H groups in total. The van der Waals surface area contributed by atoms with Gasteiger partial charge in [0.25, 0.3) is 0 Å². The smallest absolute Gasteiger partial charge is 0.322 e. The second-order valence-electron chi connectivity index (χ2n) is 5.63. The van der Waals surface area contributed by atoms with Crippen molar-refractivity contribution in [3.05, 3.63) is 48.4 Å². The van der Waals surface area contributed by atoms with Gasteiger partial charge in [0.1, 0.15) is 11.9 Å². The summed E-state index contributed by atoms with van der Waals surface area (Å²) in [6.45, 7) is 3.39. The van der Waals surface area contributed by atoms with E-state index in [1.807, 2.05) is 25.1 Å². The summed E-state index contributed by atoms with van der Waals surface area (Å²) < 4.78 is 24.3. The van der Waals surface area contributed by atoms with Crippen molar-refractivity contribution >= 4 is 11.7 Å². The number of hydrogen-bond acceptors (Lipinski definition) is 4. The van der Waals surface area contributed by atoms with Crippen LogP contribution < -0.4 is 14.8 Å². The van der Waals surface area contributed by atoms with E-state index in [1.54, 1.807) is 23.1 Å².